The molecule has 82 valence electrons. The van der Waals surface area contributed by atoms with E-state index < -0.39 is 15.3 Å². The van der Waals surface area contributed by atoms with Gasteiger partial charge in [0, 0.05) is 16.3 Å². The molecular formula is C9H12N2O2S2. The molecule has 0 aromatic carbocycles. The molecule has 0 aliphatic carbocycles. The third-order valence-electron chi connectivity index (χ3n) is 1.89. The lowest BCUT2D eigenvalue weighted by Crippen LogP contribution is -2.30. The molecule has 15 heavy (non-hydrogen) atoms. The largest absolute Gasteiger partial charge is 0.228 e. The highest BCUT2D eigenvalue weighted by molar-refractivity contribution is 7.90. The van der Waals surface area contributed by atoms with Crippen LogP contribution in [0.1, 0.15) is 16.7 Å². The van der Waals surface area contributed by atoms with Crippen LogP contribution in [0.2, 0.25) is 0 Å². The van der Waals surface area contributed by atoms with E-state index in [4.69, 9.17) is 5.26 Å². The van der Waals surface area contributed by atoms with Gasteiger partial charge in [-0.15, -0.1) is 11.3 Å². The minimum absolute atomic E-state index is 0.257. The number of rotatable bonds is 4. The third-order valence-corrected chi connectivity index (χ3v) is 4.47. The normalized spacial score (nSPS) is 13.4. The Hall–Kier alpha value is -0.900. The smallest absolute Gasteiger partial charge is 0.211 e. The van der Waals surface area contributed by atoms with E-state index in [1.54, 1.807) is 6.07 Å². The van der Waals surface area contributed by atoms with Crippen molar-refractivity contribution in [3.63, 3.8) is 0 Å². The van der Waals surface area contributed by atoms with Crippen molar-refractivity contribution in [1.82, 2.24) is 4.72 Å². The molecule has 1 N–H and O–H groups in total. The second-order valence-electron chi connectivity index (χ2n) is 3.15. The van der Waals surface area contributed by atoms with Crippen LogP contribution >= 0.6 is 11.3 Å². The molecule has 1 rings (SSSR count). The van der Waals surface area contributed by atoms with Crippen LogP contribution in [0.25, 0.3) is 0 Å². The van der Waals surface area contributed by atoms with E-state index in [0.717, 1.165) is 9.75 Å². The molecule has 0 saturated carbocycles. The number of sulfonamides is 1. The molecule has 0 bridgehead atoms. The first kappa shape index (κ1) is 12.2. The molecule has 0 saturated heterocycles. The van der Waals surface area contributed by atoms with E-state index in [2.05, 4.69) is 4.72 Å². The molecule has 1 aromatic heterocycles. The van der Waals surface area contributed by atoms with Crippen molar-refractivity contribution < 1.29 is 8.42 Å². The summed E-state index contributed by atoms with van der Waals surface area (Å²) in [5.74, 6) is 0. The van der Waals surface area contributed by atoms with Crippen LogP contribution in [0, 0.1) is 18.3 Å². The molecule has 1 aromatic rings. The third kappa shape index (κ3) is 3.30. The Labute approximate surface area is 93.6 Å². The van der Waals surface area contributed by atoms with Gasteiger partial charge in [0.15, 0.2) is 5.25 Å². The van der Waals surface area contributed by atoms with Gasteiger partial charge in [0.2, 0.25) is 10.0 Å². The quantitative estimate of drug-likeness (QED) is 0.870. The lowest BCUT2D eigenvalue weighted by molar-refractivity contribution is 0.577. The van der Waals surface area contributed by atoms with Gasteiger partial charge in [0.1, 0.15) is 0 Å². The number of nitriles is 1. The van der Waals surface area contributed by atoms with Crippen LogP contribution in [-0.4, -0.2) is 13.7 Å². The highest BCUT2D eigenvalue weighted by atomic mass is 32.2. The number of hydrogen-bond acceptors (Lipinski definition) is 4. The van der Waals surface area contributed by atoms with Crippen LogP contribution in [0.5, 0.6) is 0 Å². The molecule has 0 aliphatic heterocycles. The molecule has 0 amide bonds. The van der Waals surface area contributed by atoms with Crippen molar-refractivity contribution in [3.8, 4) is 6.07 Å². The molecule has 1 heterocycles. The van der Waals surface area contributed by atoms with Crippen molar-refractivity contribution in [2.75, 3.05) is 0 Å². The summed E-state index contributed by atoms with van der Waals surface area (Å²) in [6.07, 6.45) is 0. The summed E-state index contributed by atoms with van der Waals surface area (Å²) in [6, 6.07) is 5.51. The number of nitrogens with zero attached hydrogens (tertiary/aromatic N) is 1. The van der Waals surface area contributed by atoms with Gasteiger partial charge in [0.25, 0.3) is 0 Å². The Morgan fingerprint density at radius 3 is 2.73 bits per heavy atom. The van der Waals surface area contributed by atoms with Gasteiger partial charge < -0.3 is 0 Å². The van der Waals surface area contributed by atoms with Gasteiger partial charge in [-0.1, -0.05) is 0 Å². The van der Waals surface area contributed by atoms with Crippen LogP contribution in [0.15, 0.2) is 12.1 Å². The average molecular weight is 244 g/mol. The molecule has 0 aliphatic rings. The topological polar surface area (TPSA) is 70.0 Å². The minimum atomic E-state index is -3.50. The van der Waals surface area contributed by atoms with E-state index in [9.17, 15) is 8.42 Å². The van der Waals surface area contributed by atoms with Gasteiger partial charge in [-0.2, -0.15) is 5.26 Å². The summed E-state index contributed by atoms with van der Waals surface area (Å²) in [4.78, 5) is 2.08. The fourth-order valence-corrected chi connectivity index (χ4v) is 2.61. The first-order valence-corrected chi connectivity index (χ1v) is 6.75. The molecule has 4 nitrogen and oxygen atoms in total. The maximum Gasteiger partial charge on any atom is 0.228 e. The zero-order chi connectivity index (χ0) is 11.5. The SMILES string of the molecule is Cc1ccc(CNS(=O)(=O)C(C)C#N)s1. The Morgan fingerprint density at radius 2 is 2.27 bits per heavy atom. The fourth-order valence-electron chi connectivity index (χ4n) is 0.946. The van der Waals surface area contributed by atoms with Gasteiger partial charge in [-0.05, 0) is 26.0 Å². The summed E-state index contributed by atoms with van der Waals surface area (Å²) in [5, 5.41) is 7.49. The van der Waals surface area contributed by atoms with Crippen LogP contribution in [0.3, 0.4) is 0 Å². The second kappa shape index (κ2) is 4.75. The Kier molecular flexibility index (Phi) is 3.85. The van der Waals surface area contributed by atoms with E-state index >= 15 is 0 Å². The summed E-state index contributed by atoms with van der Waals surface area (Å²) >= 11 is 1.54. The van der Waals surface area contributed by atoms with E-state index in [1.807, 2.05) is 19.1 Å². The van der Waals surface area contributed by atoms with Crippen LogP contribution < -0.4 is 4.72 Å². The predicted octanol–water partition coefficient (Wildman–Crippen LogP) is 1.39. The first-order valence-electron chi connectivity index (χ1n) is 4.39. The highest BCUT2D eigenvalue weighted by Crippen LogP contribution is 2.15. The lowest BCUT2D eigenvalue weighted by Gasteiger charge is -2.05. The standard InChI is InChI=1S/C9H12N2O2S2/c1-7-3-4-9(14-7)6-11-15(12,13)8(2)5-10/h3-4,8,11H,6H2,1-2H3. The van der Waals surface area contributed by atoms with Gasteiger partial charge in [0.05, 0.1) is 6.07 Å². The molecule has 0 spiro atoms. The van der Waals surface area contributed by atoms with Crippen LogP contribution in [-0.2, 0) is 16.6 Å². The highest BCUT2D eigenvalue weighted by Gasteiger charge is 2.19. The number of nitrogens with one attached hydrogen (secondary N) is 1. The molecule has 0 radical (unpaired) electrons. The Bertz CT molecular complexity index is 471. The van der Waals surface area contributed by atoms with Crippen LogP contribution in [0.4, 0.5) is 0 Å². The minimum Gasteiger partial charge on any atom is -0.211 e. The van der Waals surface area contributed by atoms with E-state index in [-0.39, 0.29) is 6.54 Å². The lowest BCUT2D eigenvalue weighted by atomic mass is 10.4. The molecular weight excluding hydrogens is 232 g/mol. The van der Waals surface area contributed by atoms with Crippen molar-refractivity contribution in [2.45, 2.75) is 25.6 Å². The number of hydrogen-bond donors (Lipinski definition) is 1. The Balaban J connectivity index is 2.62. The van der Waals surface area contributed by atoms with Crippen molar-refractivity contribution in [3.05, 3.63) is 21.9 Å². The maximum atomic E-state index is 11.4. The van der Waals surface area contributed by atoms with Gasteiger partial charge in [-0.25, -0.2) is 13.1 Å². The molecule has 0 fully saturated rings. The fraction of sp³-hybridized carbons (Fsp3) is 0.444. The summed E-state index contributed by atoms with van der Waals surface area (Å²) in [5.41, 5.74) is 0. The molecule has 1 atom stereocenters. The average Bonchev–Trinajstić information content (AvgIpc) is 2.60. The number of thiophene rings is 1. The second-order valence-corrected chi connectivity index (χ2v) is 6.61. The Morgan fingerprint density at radius 1 is 1.60 bits per heavy atom. The van der Waals surface area contributed by atoms with Gasteiger partial charge >= 0.3 is 0 Å². The van der Waals surface area contributed by atoms with Gasteiger partial charge in [-0.3, -0.25) is 0 Å². The monoisotopic (exact) mass is 244 g/mol. The maximum absolute atomic E-state index is 11.4. The summed E-state index contributed by atoms with van der Waals surface area (Å²) < 4.78 is 25.2. The van der Waals surface area contributed by atoms with Crippen molar-refractivity contribution in [1.29, 1.82) is 5.26 Å². The van der Waals surface area contributed by atoms with Crippen molar-refractivity contribution in [2.24, 2.45) is 0 Å². The predicted molar refractivity (Wildman–Crippen MR) is 59.9 cm³/mol. The van der Waals surface area contributed by atoms with E-state index in [1.165, 1.54) is 18.3 Å². The summed E-state index contributed by atoms with van der Waals surface area (Å²) in [7, 11) is -3.50. The molecule has 6 heteroatoms. The number of aryl methyl sites for hydroxylation is 1. The first-order chi connectivity index (χ1) is 6.95. The summed E-state index contributed by atoms with van der Waals surface area (Å²) in [6.45, 7) is 3.58. The zero-order valence-corrected chi connectivity index (χ0v) is 10.2. The zero-order valence-electron chi connectivity index (χ0n) is 8.52. The van der Waals surface area contributed by atoms with E-state index in [0.29, 0.717) is 0 Å². The molecule has 1 unspecified atom stereocenters. The van der Waals surface area contributed by atoms with Crippen molar-refractivity contribution >= 4 is 21.4 Å².